The second-order valence-corrected chi connectivity index (χ2v) is 5.06. The van der Waals surface area contributed by atoms with Gasteiger partial charge in [0, 0.05) is 36.1 Å². The number of carbonyl (C=O) groups excluding carboxylic acids is 1. The van der Waals surface area contributed by atoms with E-state index in [9.17, 15) is 4.79 Å². The zero-order valence-corrected chi connectivity index (χ0v) is 12.0. The van der Waals surface area contributed by atoms with Crippen LogP contribution >= 0.6 is 11.6 Å². The SMILES string of the molecule is O=C(NCCCCCn1ccnc1)c1cccc(Cl)c1. The highest BCUT2D eigenvalue weighted by molar-refractivity contribution is 6.30. The fourth-order valence-electron chi connectivity index (χ4n) is 1.95. The smallest absolute Gasteiger partial charge is 0.251 e. The van der Waals surface area contributed by atoms with Crippen LogP contribution in [0.15, 0.2) is 43.0 Å². The molecule has 0 bridgehead atoms. The first-order chi connectivity index (χ1) is 9.75. The Labute approximate surface area is 123 Å². The van der Waals surface area contributed by atoms with Crippen molar-refractivity contribution in [3.05, 3.63) is 53.6 Å². The van der Waals surface area contributed by atoms with Crippen molar-refractivity contribution in [3.8, 4) is 0 Å². The topological polar surface area (TPSA) is 46.9 Å². The highest BCUT2D eigenvalue weighted by Crippen LogP contribution is 2.10. The summed E-state index contributed by atoms with van der Waals surface area (Å²) in [6, 6.07) is 6.98. The quantitative estimate of drug-likeness (QED) is 0.797. The molecule has 0 spiro atoms. The fourth-order valence-corrected chi connectivity index (χ4v) is 2.14. The van der Waals surface area contributed by atoms with Gasteiger partial charge in [0.05, 0.1) is 6.33 Å². The van der Waals surface area contributed by atoms with E-state index >= 15 is 0 Å². The highest BCUT2D eigenvalue weighted by atomic mass is 35.5. The van der Waals surface area contributed by atoms with Crippen molar-refractivity contribution in [2.24, 2.45) is 0 Å². The molecule has 20 heavy (non-hydrogen) atoms. The third-order valence-corrected chi connectivity index (χ3v) is 3.26. The van der Waals surface area contributed by atoms with E-state index < -0.39 is 0 Å². The molecule has 0 aliphatic rings. The number of nitrogens with one attached hydrogen (secondary N) is 1. The molecule has 0 fully saturated rings. The zero-order chi connectivity index (χ0) is 14.2. The predicted molar refractivity (Wildman–Crippen MR) is 79.9 cm³/mol. The van der Waals surface area contributed by atoms with E-state index in [1.165, 1.54) is 0 Å². The molecule has 0 aliphatic heterocycles. The first-order valence-corrected chi connectivity index (χ1v) is 7.13. The van der Waals surface area contributed by atoms with Crippen molar-refractivity contribution in [1.29, 1.82) is 0 Å². The van der Waals surface area contributed by atoms with Crippen LogP contribution in [0.4, 0.5) is 0 Å². The van der Waals surface area contributed by atoms with E-state index in [0.717, 1.165) is 25.8 Å². The summed E-state index contributed by atoms with van der Waals surface area (Å²) in [5.74, 6) is -0.0675. The molecule has 4 nitrogen and oxygen atoms in total. The van der Waals surface area contributed by atoms with Crippen LogP contribution in [-0.2, 0) is 6.54 Å². The van der Waals surface area contributed by atoms with Crippen LogP contribution in [0.3, 0.4) is 0 Å². The molecule has 2 aromatic rings. The summed E-state index contributed by atoms with van der Waals surface area (Å²) in [6.07, 6.45) is 8.70. The van der Waals surface area contributed by atoms with Crippen molar-refractivity contribution in [2.75, 3.05) is 6.54 Å². The molecular formula is C15H18ClN3O. The first kappa shape index (κ1) is 14.6. The molecule has 1 heterocycles. The summed E-state index contributed by atoms with van der Waals surface area (Å²) in [4.78, 5) is 15.8. The van der Waals surface area contributed by atoms with Gasteiger partial charge in [-0.3, -0.25) is 4.79 Å². The van der Waals surface area contributed by atoms with Gasteiger partial charge in [-0.15, -0.1) is 0 Å². The number of amides is 1. The summed E-state index contributed by atoms with van der Waals surface area (Å²) in [7, 11) is 0. The number of hydrogen-bond acceptors (Lipinski definition) is 2. The van der Waals surface area contributed by atoms with Crippen molar-refractivity contribution in [1.82, 2.24) is 14.9 Å². The summed E-state index contributed by atoms with van der Waals surface area (Å²) >= 11 is 5.85. The van der Waals surface area contributed by atoms with E-state index in [0.29, 0.717) is 17.1 Å². The van der Waals surface area contributed by atoms with Crippen LogP contribution < -0.4 is 5.32 Å². The average molecular weight is 292 g/mol. The summed E-state index contributed by atoms with van der Waals surface area (Å²) < 4.78 is 2.06. The molecule has 0 radical (unpaired) electrons. The van der Waals surface area contributed by atoms with E-state index in [-0.39, 0.29) is 5.91 Å². The molecule has 2 rings (SSSR count). The van der Waals surface area contributed by atoms with E-state index in [2.05, 4.69) is 14.9 Å². The maximum absolute atomic E-state index is 11.8. The summed E-state index contributed by atoms with van der Waals surface area (Å²) in [5.41, 5.74) is 0.607. The molecule has 1 amide bonds. The standard InChI is InChI=1S/C15H18ClN3O/c16-14-6-4-5-13(11-14)15(20)18-7-2-1-3-9-19-10-8-17-12-19/h4-6,8,10-12H,1-3,7,9H2,(H,18,20). The average Bonchev–Trinajstić information content (AvgIpc) is 2.95. The number of benzene rings is 1. The van der Waals surface area contributed by atoms with E-state index in [1.54, 1.807) is 30.5 Å². The van der Waals surface area contributed by atoms with Gasteiger partial charge >= 0.3 is 0 Å². The Morgan fingerprint density at radius 3 is 2.95 bits per heavy atom. The predicted octanol–water partition coefficient (Wildman–Crippen LogP) is 3.14. The third-order valence-electron chi connectivity index (χ3n) is 3.02. The monoisotopic (exact) mass is 291 g/mol. The number of hydrogen-bond donors (Lipinski definition) is 1. The molecule has 5 heteroatoms. The minimum atomic E-state index is -0.0675. The number of halogens is 1. The molecule has 1 aromatic carbocycles. The van der Waals surface area contributed by atoms with Crippen molar-refractivity contribution >= 4 is 17.5 Å². The highest BCUT2D eigenvalue weighted by Gasteiger charge is 2.04. The van der Waals surface area contributed by atoms with E-state index in [4.69, 9.17) is 11.6 Å². The van der Waals surface area contributed by atoms with Gasteiger partial charge < -0.3 is 9.88 Å². The van der Waals surface area contributed by atoms with Crippen molar-refractivity contribution < 1.29 is 4.79 Å². The van der Waals surface area contributed by atoms with Gasteiger partial charge in [-0.1, -0.05) is 17.7 Å². The molecule has 0 unspecified atom stereocenters. The van der Waals surface area contributed by atoms with Gasteiger partial charge in [0.15, 0.2) is 0 Å². The van der Waals surface area contributed by atoms with Gasteiger partial charge in [0.2, 0.25) is 0 Å². The minimum absolute atomic E-state index is 0.0675. The Morgan fingerprint density at radius 2 is 2.20 bits per heavy atom. The Hall–Kier alpha value is -1.81. The molecule has 1 N–H and O–H groups in total. The fraction of sp³-hybridized carbons (Fsp3) is 0.333. The van der Waals surface area contributed by atoms with Gasteiger partial charge in [0.1, 0.15) is 0 Å². The van der Waals surface area contributed by atoms with Crippen LogP contribution in [0.1, 0.15) is 29.6 Å². The van der Waals surface area contributed by atoms with Gasteiger partial charge in [-0.25, -0.2) is 4.98 Å². The molecule has 106 valence electrons. The molecule has 0 aliphatic carbocycles. The van der Waals surface area contributed by atoms with Crippen molar-refractivity contribution in [3.63, 3.8) is 0 Å². The van der Waals surface area contributed by atoms with Crippen LogP contribution in [-0.4, -0.2) is 22.0 Å². The van der Waals surface area contributed by atoms with Crippen LogP contribution in [0.5, 0.6) is 0 Å². The molecule has 0 saturated carbocycles. The summed E-state index contributed by atoms with van der Waals surface area (Å²) in [6.45, 7) is 1.66. The molecule has 0 atom stereocenters. The Balaban J connectivity index is 1.60. The first-order valence-electron chi connectivity index (χ1n) is 6.75. The second-order valence-electron chi connectivity index (χ2n) is 4.63. The van der Waals surface area contributed by atoms with Crippen LogP contribution in [0, 0.1) is 0 Å². The number of imidazole rings is 1. The Kier molecular flexibility index (Phi) is 5.62. The number of aryl methyl sites for hydroxylation is 1. The van der Waals surface area contributed by atoms with Crippen LogP contribution in [0.25, 0.3) is 0 Å². The largest absolute Gasteiger partial charge is 0.352 e. The lowest BCUT2D eigenvalue weighted by Crippen LogP contribution is -2.24. The lowest BCUT2D eigenvalue weighted by atomic mass is 10.2. The van der Waals surface area contributed by atoms with Crippen LogP contribution in [0.2, 0.25) is 5.02 Å². The maximum Gasteiger partial charge on any atom is 0.251 e. The van der Waals surface area contributed by atoms with Gasteiger partial charge in [-0.05, 0) is 37.5 Å². The van der Waals surface area contributed by atoms with E-state index in [1.807, 2.05) is 12.5 Å². The lowest BCUT2D eigenvalue weighted by molar-refractivity contribution is 0.0953. The molecular weight excluding hydrogens is 274 g/mol. The minimum Gasteiger partial charge on any atom is -0.352 e. The lowest BCUT2D eigenvalue weighted by Gasteiger charge is -2.06. The number of carbonyl (C=O) groups is 1. The zero-order valence-electron chi connectivity index (χ0n) is 11.3. The third kappa shape index (κ3) is 4.70. The van der Waals surface area contributed by atoms with Gasteiger partial charge in [0.25, 0.3) is 5.91 Å². The Bertz CT molecular complexity index is 540. The Morgan fingerprint density at radius 1 is 1.30 bits per heavy atom. The van der Waals surface area contributed by atoms with Gasteiger partial charge in [-0.2, -0.15) is 0 Å². The number of unbranched alkanes of at least 4 members (excludes halogenated alkanes) is 2. The number of aromatic nitrogens is 2. The number of rotatable bonds is 7. The summed E-state index contributed by atoms with van der Waals surface area (Å²) in [5, 5.41) is 3.48. The number of nitrogens with zero attached hydrogens (tertiary/aromatic N) is 2. The second kappa shape index (κ2) is 7.70. The molecule has 0 saturated heterocycles. The maximum atomic E-state index is 11.8. The molecule has 1 aromatic heterocycles. The van der Waals surface area contributed by atoms with Crippen molar-refractivity contribution in [2.45, 2.75) is 25.8 Å². The normalized spacial score (nSPS) is 10.4.